The van der Waals surface area contributed by atoms with Gasteiger partial charge >= 0.3 is 12.1 Å². The van der Waals surface area contributed by atoms with Gasteiger partial charge in [0, 0.05) is 11.4 Å². The molecule has 0 spiro atoms. The maximum atomic E-state index is 13.5. The molecular weight excluding hydrogens is 379 g/mol. The summed E-state index contributed by atoms with van der Waals surface area (Å²) >= 11 is 0. The van der Waals surface area contributed by atoms with Gasteiger partial charge in [-0.1, -0.05) is 12.1 Å². The fourth-order valence-electron chi connectivity index (χ4n) is 2.23. The van der Waals surface area contributed by atoms with Crippen molar-refractivity contribution in [2.24, 2.45) is 0 Å². The van der Waals surface area contributed by atoms with Crippen molar-refractivity contribution in [3.63, 3.8) is 0 Å². The van der Waals surface area contributed by atoms with E-state index in [0.717, 1.165) is 0 Å². The minimum absolute atomic E-state index is 0.146. The molecule has 8 heteroatoms. The molecule has 2 rings (SSSR count). The first-order chi connectivity index (χ1) is 13.5. The summed E-state index contributed by atoms with van der Waals surface area (Å²) in [6.45, 7) is 6.26. The molecule has 154 valence electrons. The molecule has 29 heavy (non-hydrogen) atoms. The van der Waals surface area contributed by atoms with Gasteiger partial charge in [-0.3, -0.25) is 10.1 Å². The Morgan fingerprint density at radius 1 is 1.00 bits per heavy atom. The van der Waals surface area contributed by atoms with E-state index >= 15 is 0 Å². The molecule has 0 unspecified atom stereocenters. The van der Waals surface area contributed by atoms with Gasteiger partial charge in [0.05, 0.1) is 5.56 Å². The van der Waals surface area contributed by atoms with Crippen LogP contribution in [0.4, 0.5) is 20.6 Å². The number of amides is 2. The molecule has 0 bridgehead atoms. The van der Waals surface area contributed by atoms with Crippen LogP contribution in [-0.2, 0) is 14.3 Å². The molecule has 0 saturated carbocycles. The fraction of sp³-hybridized carbons (Fsp3) is 0.286. The first-order valence-corrected chi connectivity index (χ1v) is 8.87. The molecule has 0 aromatic heterocycles. The van der Waals surface area contributed by atoms with Crippen LogP contribution in [0.5, 0.6) is 0 Å². The van der Waals surface area contributed by atoms with Crippen molar-refractivity contribution in [1.29, 1.82) is 0 Å². The van der Waals surface area contributed by atoms with Crippen molar-refractivity contribution in [2.45, 2.75) is 33.3 Å². The third-order valence-electron chi connectivity index (χ3n) is 3.53. The lowest BCUT2D eigenvalue weighted by molar-refractivity contribution is -0.119. The maximum absolute atomic E-state index is 13.5. The zero-order valence-electron chi connectivity index (χ0n) is 16.7. The molecule has 0 atom stereocenters. The Balaban J connectivity index is 1.90. The summed E-state index contributed by atoms with van der Waals surface area (Å²) in [6.07, 6.45) is -0.660. The summed E-state index contributed by atoms with van der Waals surface area (Å²) in [6, 6.07) is 10.3. The zero-order chi connectivity index (χ0) is 21.6. The molecule has 0 aliphatic heterocycles. The normalized spacial score (nSPS) is 10.8. The number of esters is 1. The minimum atomic E-state index is -0.747. The predicted octanol–water partition coefficient (Wildman–Crippen LogP) is 4.28. The molecule has 2 N–H and O–H groups in total. The predicted molar refractivity (Wildman–Crippen MR) is 106 cm³/mol. The summed E-state index contributed by atoms with van der Waals surface area (Å²) in [5.74, 6) is -1.80. The van der Waals surface area contributed by atoms with E-state index in [0.29, 0.717) is 11.3 Å². The molecule has 2 aromatic rings. The van der Waals surface area contributed by atoms with Crippen molar-refractivity contribution in [3.05, 3.63) is 59.4 Å². The van der Waals surface area contributed by atoms with Gasteiger partial charge in [-0.05, 0) is 63.6 Å². The van der Waals surface area contributed by atoms with E-state index in [9.17, 15) is 18.8 Å². The van der Waals surface area contributed by atoms with Gasteiger partial charge in [-0.25, -0.2) is 14.0 Å². The topological polar surface area (TPSA) is 93.7 Å². The Kier molecular flexibility index (Phi) is 6.93. The van der Waals surface area contributed by atoms with Gasteiger partial charge < -0.3 is 14.8 Å². The number of hydrogen-bond donors (Lipinski definition) is 2. The van der Waals surface area contributed by atoms with Gasteiger partial charge in [-0.2, -0.15) is 0 Å². The van der Waals surface area contributed by atoms with Gasteiger partial charge in [0.1, 0.15) is 11.4 Å². The lowest BCUT2D eigenvalue weighted by atomic mass is 10.2. The van der Waals surface area contributed by atoms with Crippen LogP contribution in [0, 0.1) is 12.7 Å². The van der Waals surface area contributed by atoms with Crippen LogP contribution in [0.2, 0.25) is 0 Å². The second-order valence-corrected chi connectivity index (χ2v) is 7.30. The molecule has 0 saturated heterocycles. The van der Waals surface area contributed by atoms with Gasteiger partial charge in [0.25, 0.3) is 5.91 Å². The second-order valence-electron chi connectivity index (χ2n) is 7.30. The number of carbonyl (C=O) groups excluding carboxylic acids is 3. The van der Waals surface area contributed by atoms with Crippen molar-refractivity contribution >= 4 is 29.3 Å². The highest BCUT2D eigenvalue weighted by Gasteiger charge is 2.17. The Morgan fingerprint density at radius 3 is 2.34 bits per heavy atom. The zero-order valence-corrected chi connectivity index (χ0v) is 16.7. The molecule has 0 fully saturated rings. The van der Waals surface area contributed by atoms with E-state index in [-0.39, 0.29) is 11.3 Å². The lowest BCUT2D eigenvalue weighted by Gasteiger charge is -2.19. The van der Waals surface area contributed by atoms with Crippen molar-refractivity contribution in [3.8, 4) is 0 Å². The van der Waals surface area contributed by atoms with E-state index in [2.05, 4.69) is 10.6 Å². The summed E-state index contributed by atoms with van der Waals surface area (Å²) in [4.78, 5) is 35.9. The summed E-state index contributed by atoms with van der Waals surface area (Å²) in [5.41, 5.74) is 0.543. The second kappa shape index (κ2) is 9.18. The quantitative estimate of drug-likeness (QED) is 0.728. The summed E-state index contributed by atoms with van der Waals surface area (Å²) in [7, 11) is 0. The monoisotopic (exact) mass is 402 g/mol. The van der Waals surface area contributed by atoms with Crippen LogP contribution in [0.3, 0.4) is 0 Å². The van der Waals surface area contributed by atoms with Crippen LogP contribution in [0.15, 0.2) is 42.5 Å². The number of aryl methyl sites for hydroxylation is 1. The third-order valence-corrected chi connectivity index (χ3v) is 3.53. The number of ether oxygens (including phenoxy) is 2. The Hall–Kier alpha value is -3.42. The highest BCUT2D eigenvalue weighted by atomic mass is 19.1. The molecule has 2 aromatic carbocycles. The first-order valence-electron chi connectivity index (χ1n) is 8.87. The number of anilines is 2. The standard InChI is InChI=1S/C21H23FN2O5/c1-13-8-9-16(11-17(13)22)23-18(25)12-28-19(26)14-6-5-7-15(10-14)24-20(27)29-21(2,3)4/h5-11H,12H2,1-4H3,(H,23,25)(H,24,27). The average molecular weight is 402 g/mol. The van der Waals surface area contributed by atoms with Crippen molar-refractivity contribution < 1.29 is 28.2 Å². The number of carbonyl (C=O) groups is 3. The summed E-state index contributed by atoms with van der Waals surface area (Å²) in [5, 5.41) is 4.96. The third kappa shape index (κ3) is 7.25. The average Bonchev–Trinajstić information content (AvgIpc) is 2.61. The van der Waals surface area contributed by atoms with E-state index in [4.69, 9.17) is 9.47 Å². The van der Waals surface area contributed by atoms with Crippen LogP contribution in [-0.4, -0.2) is 30.2 Å². The Morgan fingerprint density at radius 2 is 1.69 bits per heavy atom. The molecular formula is C21H23FN2O5. The number of hydrogen-bond acceptors (Lipinski definition) is 5. The highest BCUT2D eigenvalue weighted by Crippen LogP contribution is 2.15. The lowest BCUT2D eigenvalue weighted by Crippen LogP contribution is -2.27. The first kappa shape index (κ1) is 21.9. The number of nitrogens with one attached hydrogen (secondary N) is 2. The molecule has 0 radical (unpaired) electrons. The van der Waals surface area contributed by atoms with E-state index in [1.54, 1.807) is 45.9 Å². The van der Waals surface area contributed by atoms with E-state index < -0.39 is 36.0 Å². The minimum Gasteiger partial charge on any atom is -0.452 e. The van der Waals surface area contributed by atoms with Crippen molar-refractivity contribution in [2.75, 3.05) is 17.2 Å². The highest BCUT2D eigenvalue weighted by molar-refractivity contribution is 5.96. The van der Waals surface area contributed by atoms with E-state index in [1.807, 2.05) is 0 Å². The fourth-order valence-corrected chi connectivity index (χ4v) is 2.23. The largest absolute Gasteiger partial charge is 0.452 e. The van der Waals surface area contributed by atoms with E-state index in [1.165, 1.54) is 24.3 Å². The Bertz CT molecular complexity index is 922. The molecule has 2 amide bonds. The molecule has 0 aliphatic carbocycles. The van der Waals surface area contributed by atoms with Crippen LogP contribution >= 0.6 is 0 Å². The molecule has 7 nitrogen and oxygen atoms in total. The van der Waals surface area contributed by atoms with Gasteiger partial charge in [0.15, 0.2) is 6.61 Å². The SMILES string of the molecule is Cc1ccc(NC(=O)COC(=O)c2cccc(NC(=O)OC(C)(C)C)c2)cc1F. The molecule has 0 heterocycles. The number of halogens is 1. The van der Waals surface area contributed by atoms with Crippen LogP contribution in [0.25, 0.3) is 0 Å². The number of rotatable bonds is 5. The maximum Gasteiger partial charge on any atom is 0.412 e. The van der Waals surface area contributed by atoms with Crippen LogP contribution in [0.1, 0.15) is 36.7 Å². The summed E-state index contributed by atoms with van der Waals surface area (Å²) < 4.78 is 23.6. The van der Waals surface area contributed by atoms with Gasteiger partial charge in [-0.15, -0.1) is 0 Å². The van der Waals surface area contributed by atoms with Crippen LogP contribution < -0.4 is 10.6 Å². The smallest absolute Gasteiger partial charge is 0.412 e. The number of benzene rings is 2. The van der Waals surface area contributed by atoms with Gasteiger partial charge in [0.2, 0.25) is 0 Å². The molecule has 0 aliphatic rings. The Labute approximate surface area is 168 Å². The van der Waals surface area contributed by atoms with Crippen molar-refractivity contribution in [1.82, 2.24) is 0 Å².